The van der Waals surface area contributed by atoms with Crippen LogP contribution in [0.15, 0.2) is 5.38 Å². The van der Waals surface area contributed by atoms with Crippen LogP contribution in [0, 0.1) is 11.3 Å². The number of thiazole rings is 1. The Bertz CT molecular complexity index is 598. The smallest absolute Gasteiger partial charge is 0.226 e. The van der Waals surface area contributed by atoms with Crippen LogP contribution < -0.4 is 5.32 Å². The number of rotatable bonds is 4. The summed E-state index contributed by atoms with van der Waals surface area (Å²) in [5, 5.41) is 6.82. The molecule has 1 saturated carbocycles. The lowest BCUT2D eigenvalue weighted by molar-refractivity contribution is -0.135. The number of carbonyl (C=O) groups excluding carboxylic acids is 1. The van der Waals surface area contributed by atoms with Gasteiger partial charge in [-0.1, -0.05) is 6.92 Å². The summed E-state index contributed by atoms with van der Waals surface area (Å²) in [7, 11) is 0. The number of piperidine rings is 1. The van der Waals surface area contributed by atoms with Crippen molar-refractivity contribution in [1.82, 2.24) is 20.1 Å². The molecule has 3 heterocycles. The summed E-state index contributed by atoms with van der Waals surface area (Å²) < 4.78 is 0. The van der Waals surface area contributed by atoms with Crippen molar-refractivity contribution in [2.24, 2.45) is 11.3 Å². The number of piperazine rings is 1. The maximum Gasteiger partial charge on any atom is 0.226 e. The van der Waals surface area contributed by atoms with Crippen LogP contribution in [0.5, 0.6) is 0 Å². The molecule has 5 nitrogen and oxygen atoms in total. The van der Waals surface area contributed by atoms with Gasteiger partial charge in [0.05, 0.1) is 10.7 Å². The van der Waals surface area contributed by atoms with E-state index in [4.69, 9.17) is 0 Å². The predicted molar refractivity (Wildman–Crippen MR) is 110 cm³/mol. The number of halogens is 2. The van der Waals surface area contributed by atoms with E-state index in [-0.39, 0.29) is 24.8 Å². The van der Waals surface area contributed by atoms with Crippen molar-refractivity contribution in [1.29, 1.82) is 0 Å². The molecule has 1 unspecified atom stereocenters. The van der Waals surface area contributed by atoms with Crippen LogP contribution in [0.25, 0.3) is 0 Å². The maximum absolute atomic E-state index is 12.8. The van der Waals surface area contributed by atoms with Crippen LogP contribution in [-0.4, -0.2) is 60.0 Å². The molecule has 3 aliphatic rings. The number of carbonyl (C=O) groups is 1. The summed E-state index contributed by atoms with van der Waals surface area (Å²) >= 11 is 1.76. The van der Waals surface area contributed by atoms with E-state index in [1.807, 2.05) is 0 Å². The van der Waals surface area contributed by atoms with E-state index in [0.29, 0.717) is 17.2 Å². The molecular weight excluding hydrogens is 391 g/mol. The molecule has 4 rings (SSSR count). The third-order valence-electron chi connectivity index (χ3n) is 6.06. The van der Waals surface area contributed by atoms with Gasteiger partial charge in [-0.05, 0) is 44.2 Å². The second-order valence-electron chi connectivity index (χ2n) is 7.56. The molecule has 148 valence electrons. The lowest BCUT2D eigenvalue weighted by atomic mass is 9.91. The Morgan fingerprint density at radius 2 is 1.96 bits per heavy atom. The Kier molecular flexibility index (Phi) is 7.74. The van der Waals surface area contributed by atoms with Crippen LogP contribution in [0.1, 0.15) is 36.9 Å². The Morgan fingerprint density at radius 3 is 2.58 bits per heavy atom. The van der Waals surface area contributed by atoms with Crippen molar-refractivity contribution in [3.8, 4) is 0 Å². The molecule has 1 aromatic rings. The molecule has 2 aliphatic heterocycles. The topological polar surface area (TPSA) is 48.5 Å². The van der Waals surface area contributed by atoms with Crippen molar-refractivity contribution in [2.75, 3.05) is 39.3 Å². The number of aryl methyl sites for hydroxylation is 1. The normalized spacial score (nSPS) is 24.7. The zero-order valence-corrected chi connectivity index (χ0v) is 17.9. The Balaban J connectivity index is 0.00000121. The van der Waals surface area contributed by atoms with Crippen LogP contribution in [0.3, 0.4) is 0 Å². The van der Waals surface area contributed by atoms with Gasteiger partial charge >= 0.3 is 0 Å². The van der Waals surface area contributed by atoms with Crippen molar-refractivity contribution in [3.63, 3.8) is 0 Å². The van der Waals surface area contributed by atoms with Gasteiger partial charge in [0.1, 0.15) is 0 Å². The van der Waals surface area contributed by atoms with E-state index in [9.17, 15) is 4.79 Å². The third-order valence-corrected chi connectivity index (χ3v) is 7.10. The molecule has 0 bridgehead atoms. The van der Waals surface area contributed by atoms with Crippen LogP contribution in [0.2, 0.25) is 0 Å². The van der Waals surface area contributed by atoms with Gasteiger partial charge < -0.3 is 10.2 Å². The number of amides is 1. The first kappa shape index (κ1) is 21.9. The molecule has 1 amide bonds. The summed E-state index contributed by atoms with van der Waals surface area (Å²) in [6.45, 7) is 8.98. The molecule has 0 aromatic carbocycles. The average Bonchev–Trinajstić information content (AvgIpc) is 3.10. The highest BCUT2D eigenvalue weighted by Crippen LogP contribution is 2.59. The number of hydrogen-bond donors (Lipinski definition) is 1. The largest absolute Gasteiger partial charge is 0.340 e. The molecule has 1 aromatic heterocycles. The van der Waals surface area contributed by atoms with Gasteiger partial charge in [-0.3, -0.25) is 9.69 Å². The Hall–Kier alpha value is -0.400. The van der Waals surface area contributed by atoms with Crippen molar-refractivity contribution in [3.05, 3.63) is 16.1 Å². The highest BCUT2D eigenvalue weighted by atomic mass is 35.5. The predicted octanol–water partition coefficient (Wildman–Crippen LogP) is 2.58. The van der Waals surface area contributed by atoms with E-state index in [1.54, 1.807) is 11.3 Å². The lowest BCUT2D eigenvalue weighted by Gasteiger charge is -2.35. The third kappa shape index (κ3) is 4.53. The zero-order chi connectivity index (χ0) is 16.6. The fraction of sp³-hybridized carbons (Fsp3) is 0.778. The van der Waals surface area contributed by atoms with Crippen LogP contribution in [-0.2, 0) is 17.8 Å². The van der Waals surface area contributed by atoms with Crippen molar-refractivity contribution >= 4 is 42.1 Å². The molecule has 8 heteroatoms. The number of nitrogens with zero attached hydrogens (tertiary/aromatic N) is 3. The summed E-state index contributed by atoms with van der Waals surface area (Å²) in [5.41, 5.74) is 1.55. The first-order chi connectivity index (χ1) is 11.7. The van der Waals surface area contributed by atoms with E-state index < -0.39 is 0 Å². The summed E-state index contributed by atoms with van der Waals surface area (Å²) in [6.07, 6.45) is 4.53. The molecular formula is C18H30Cl2N4OS. The number of aromatic nitrogens is 1. The highest BCUT2D eigenvalue weighted by molar-refractivity contribution is 7.09. The van der Waals surface area contributed by atoms with Gasteiger partial charge in [0.2, 0.25) is 5.91 Å². The summed E-state index contributed by atoms with van der Waals surface area (Å²) in [6, 6.07) is 0. The van der Waals surface area contributed by atoms with E-state index >= 15 is 0 Å². The summed E-state index contributed by atoms with van der Waals surface area (Å²) in [5.74, 6) is 0.746. The van der Waals surface area contributed by atoms with Crippen LogP contribution >= 0.6 is 36.2 Å². The molecule has 1 spiro atoms. The lowest BCUT2D eigenvalue weighted by Crippen LogP contribution is -2.49. The minimum Gasteiger partial charge on any atom is -0.340 e. The fourth-order valence-electron chi connectivity index (χ4n) is 4.33. The minimum atomic E-state index is 0. The number of nitrogens with one attached hydrogen (secondary N) is 1. The van der Waals surface area contributed by atoms with E-state index in [1.165, 1.54) is 23.5 Å². The Morgan fingerprint density at radius 1 is 1.27 bits per heavy atom. The first-order valence-corrected chi connectivity index (χ1v) is 10.2. The van der Waals surface area contributed by atoms with Gasteiger partial charge in [0.15, 0.2) is 0 Å². The fourth-order valence-corrected chi connectivity index (χ4v) is 5.07. The Labute approximate surface area is 172 Å². The quantitative estimate of drug-likeness (QED) is 0.812. The standard InChI is InChI=1S/C18H28N4OS.2ClH/c1-2-16-20-14(13-24-16)12-21-7-9-22(10-8-21)17(23)15-11-18(15)3-5-19-6-4-18;;/h13,15,19H,2-12H2,1H3;2*1H. The second kappa shape index (κ2) is 9.20. The van der Waals surface area contributed by atoms with Gasteiger partial charge in [0, 0.05) is 44.0 Å². The van der Waals surface area contributed by atoms with Gasteiger partial charge in [-0.2, -0.15) is 0 Å². The molecule has 1 N–H and O–H groups in total. The van der Waals surface area contributed by atoms with Crippen molar-refractivity contribution < 1.29 is 4.79 Å². The first-order valence-electron chi connectivity index (χ1n) is 9.35. The van der Waals surface area contributed by atoms with Crippen LogP contribution in [0.4, 0.5) is 0 Å². The minimum absolute atomic E-state index is 0. The van der Waals surface area contributed by atoms with E-state index in [0.717, 1.165) is 58.7 Å². The average molecular weight is 421 g/mol. The second-order valence-corrected chi connectivity index (χ2v) is 8.50. The van der Waals surface area contributed by atoms with Crippen molar-refractivity contribution in [2.45, 2.75) is 39.2 Å². The summed E-state index contributed by atoms with van der Waals surface area (Å²) in [4.78, 5) is 22.0. The molecule has 2 saturated heterocycles. The molecule has 26 heavy (non-hydrogen) atoms. The SMILES string of the molecule is CCc1nc(CN2CCN(C(=O)C3CC34CCNCC4)CC2)cs1.Cl.Cl. The highest BCUT2D eigenvalue weighted by Gasteiger charge is 2.58. The van der Waals surface area contributed by atoms with Gasteiger partial charge in [-0.25, -0.2) is 4.98 Å². The van der Waals surface area contributed by atoms with E-state index in [2.05, 4.69) is 32.4 Å². The number of hydrogen-bond acceptors (Lipinski definition) is 5. The molecule has 3 fully saturated rings. The van der Waals surface area contributed by atoms with Gasteiger partial charge in [-0.15, -0.1) is 36.2 Å². The zero-order valence-electron chi connectivity index (χ0n) is 15.4. The molecule has 1 aliphatic carbocycles. The monoisotopic (exact) mass is 420 g/mol. The maximum atomic E-state index is 12.8. The molecule has 1 atom stereocenters. The van der Waals surface area contributed by atoms with Gasteiger partial charge in [0.25, 0.3) is 0 Å². The molecule has 0 radical (unpaired) electrons.